The highest BCUT2D eigenvalue weighted by atomic mass is 32.2. The van der Waals surface area contributed by atoms with Gasteiger partial charge in [-0.25, -0.2) is 8.42 Å². The maximum Gasteiger partial charge on any atom is 0.155 e. The van der Waals surface area contributed by atoms with Gasteiger partial charge in [0, 0.05) is 12.1 Å². The highest BCUT2D eigenvalue weighted by molar-refractivity contribution is 7.91. The van der Waals surface area contributed by atoms with Crippen LogP contribution in [-0.4, -0.2) is 26.0 Å². The number of nitrogens with two attached hydrogens (primary N) is 1. The van der Waals surface area contributed by atoms with Crippen LogP contribution in [0.25, 0.3) is 0 Å². The third-order valence-electron chi connectivity index (χ3n) is 2.78. The Kier molecular flexibility index (Phi) is 5.16. The standard InChI is InChI=1S/C13H21NO3S/c1-10(2)18(15,16)7-6-17-13-5-4-11(3)8-12(13)9-14/h4-5,8,10H,6-7,9,14H2,1-3H3. The second-order valence-corrected chi connectivity index (χ2v) is 7.26. The van der Waals surface area contributed by atoms with E-state index in [4.69, 9.17) is 10.5 Å². The molecule has 0 radical (unpaired) electrons. The lowest BCUT2D eigenvalue weighted by atomic mass is 10.1. The van der Waals surface area contributed by atoms with E-state index in [0.717, 1.165) is 11.1 Å². The van der Waals surface area contributed by atoms with Crippen LogP contribution in [0.1, 0.15) is 25.0 Å². The molecule has 0 aliphatic heterocycles. The van der Waals surface area contributed by atoms with Crippen LogP contribution in [0.15, 0.2) is 18.2 Å². The molecule has 1 aromatic carbocycles. The number of aryl methyl sites for hydroxylation is 1. The molecule has 0 aliphatic carbocycles. The Balaban J connectivity index is 2.65. The summed E-state index contributed by atoms with van der Waals surface area (Å²) in [7, 11) is -3.05. The van der Waals surface area contributed by atoms with Crippen LogP contribution >= 0.6 is 0 Å². The Morgan fingerprint density at radius 3 is 2.56 bits per heavy atom. The molecule has 1 aromatic rings. The fourth-order valence-corrected chi connectivity index (χ4v) is 2.30. The van der Waals surface area contributed by atoms with E-state index in [1.54, 1.807) is 13.8 Å². The van der Waals surface area contributed by atoms with Gasteiger partial charge in [0.2, 0.25) is 0 Å². The Hall–Kier alpha value is -1.07. The topological polar surface area (TPSA) is 69.4 Å². The minimum atomic E-state index is -3.05. The minimum absolute atomic E-state index is 0.0303. The summed E-state index contributed by atoms with van der Waals surface area (Å²) in [5, 5.41) is -0.368. The largest absolute Gasteiger partial charge is 0.492 e. The number of hydrogen-bond acceptors (Lipinski definition) is 4. The van der Waals surface area contributed by atoms with E-state index < -0.39 is 9.84 Å². The summed E-state index contributed by atoms with van der Waals surface area (Å²) in [6.07, 6.45) is 0. The number of benzene rings is 1. The van der Waals surface area contributed by atoms with Crippen LogP contribution in [-0.2, 0) is 16.4 Å². The molecular formula is C13H21NO3S. The molecule has 0 heterocycles. The van der Waals surface area contributed by atoms with Crippen molar-refractivity contribution in [3.05, 3.63) is 29.3 Å². The molecule has 2 N–H and O–H groups in total. The van der Waals surface area contributed by atoms with Crippen LogP contribution in [0, 0.1) is 6.92 Å². The molecule has 0 saturated carbocycles. The maximum absolute atomic E-state index is 11.6. The minimum Gasteiger partial charge on any atom is -0.492 e. The van der Waals surface area contributed by atoms with Crippen molar-refractivity contribution < 1.29 is 13.2 Å². The third-order valence-corrected chi connectivity index (χ3v) is 4.95. The van der Waals surface area contributed by atoms with E-state index >= 15 is 0 Å². The van der Waals surface area contributed by atoms with Crippen LogP contribution < -0.4 is 10.5 Å². The van der Waals surface area contributed by atoms with Gasteiger partial charge < -0.3 is 10.5 Å². The van der Waals surface area contributed by atoms with Crippen molar-refractivity contribution in [2.45, 2.75) is 32.6 Å². The van der Waals surface area contributed by atoms with Crippen molar-refractivity contribution in [3.63, 3.8) is 0 Å². The average molecular weight is 271 g/mol. The SMILES string of the molecule is Cc1ccc(OCCS(=O)(=O)C(C)C)c(CN)c1. The average Bonchev–Trinajstić information content (AvgIpc) is 2.30. The van der Waals surface area contributed by atoms with E-state index in [9.17, 15) is 8.42 Å². The molecule has 0 unspecified atom stereocenters. The summed E-state index contributed by atoms with van der Waals surface area (Å²) < 4.78 is 28.8. The van der Waals surface area contributed by atoms with Crippen molar-refractivity contribution in [1.29, 1.82) is 0 Å². The van der Waals surface area contributed by atoms with E-state index in [2.05, 4.69) is 0 Å². The molecule has 0 spiro atoms. The van der Waals surface area contributed by atoms with Gasteiger partial charge in [0.25, 0.3) is 0 Å². The first kappa shape index (κ1) is 15.0. The molecule has 0 atom stereocenters. The van der Waals surface area contributed by atoms with Gasteiger partial charge >= 0.3 is 0 Å². The first-order valence-corrected chi connectivity index (χ1v) is 7.72. The molecule has 1 rings (SSSR count). The lowest BCUT2D eigenvalue weighted by Crippen LogP contribution is -2.22. The van der Waals surface area contributed by atoms with Crippen LogP contribution in [0.3, 0.4) is 0 Å². The molecule has 4 nitrogen and oxygen atoms in total. The van der Waals surface area contributed by atoms with Crippen molar-refractivity contribution in [2.75, 3.05) is 12.4 Å². The molecule has 0 bridgehead atoms. The molecule has 18 heavy (non-hydrogen) atoms. The summed E-state index contributed by atoms with van der Waals surface area (Å²) >= 11 is 0. The predicted octanol–water partition coefficient (Wildman–Crippen LogP) is 1.66. The first-order valence-electron chi connectivity index (χ1n) is 6.01. The van der Waals surface area contributed by atoms with Gasteiger partial charge in [-0.3, -0.25) is 0 Å². The maximum atomic E-state index is 11.6. The fraction of sp³-hybridized carbons (Fsp3) is 0.538. The van der Waals surface area contributed by atoms with Gasteiger partial charge in [-0.15, -0.1) is 0 Å². The lowest BCUT2D eigenvalue weighted by Gasteiger charge is -2.12. The van der Waals surface area contributed by atoms with Gasteiger partial charge in [0.15, 0.2) is 9.84 Å². The van der Waals surface area contributed by atoms with Crippen molar-refractivity contribution >= 4 is 9.84 Å². The Morgan fingerprint density at radius 1 is 1.33 bits per heavy atom. The van der Waals surface area contributed by atoms with Gasteiger partial charge in [0.1, 0.15) is 12.4 Å². The molecule has 0 saturated heterocycles. The van der Waals surface area contributed by atoms with E-state index in [1.165, 1.54) is 0 Å². The summed E-state index contributed by atoms with van der Waals surface area (Å²) in [5.74, 6) is 0.699. The van der Waals surface area contributed by atoms with Crippen LogP contribution in [0.2, 0.25) is 0 Å². The summed E-state index contributed by atoms with van der Waals surface area (Å²) in [6, 6.07) is 5.71. The Labute approximate surface area is 109 Å². The van der Waals surface area contributed by atoms with Gasteiger partial charge in [0.05, 0.1) is 11.0 Å². The Bertz CT molecular complexity index is 495. The van der Waals surface area contributed by atoms with Gasteiger partial charge in [-0.05, 0) is 26.8 Å². The molecule has 102 valence electrons. The number of hydrogen-bond donors (Lipinski definition) is 1. The first-order chi connectivity index (χ1) is 8.36. The second kappa shape index (κ2) is 6.20. The monoisotopic (exact) mass is 271 g/mol. The van der Waals surface area contributed by atoms with Gasteiger partial charge in [-0.1, -0.05) is 17.7 Å². The Morgan fingerprint density at radius 2 is 2.00 bits per heavy atom. The van der Waals surface area contributed by atoms with E-state index in [0.29, 0.717) is 12.3 Å². The quantitative estimate of drug-likeness (QED) is 0.854. The van der Waals surface area contributed by atoms with Crippen molar-refractivity contribution in [2.24, 2.45) is 5.73 Å². The molecule has 0 aliphatic rings. The summed E-state index contributed by atoms with van der Waals surface area (Å²) in [5.41, 5.74) is 7.64. The zero-order valence-electron chi connectivity index (χ0n) is 11.1. The molecular weight excluding hydrogens is 250 g/mol. The predicted molar refractivity (Wildman–Crippen MR) is 73.5 cm³/mol. The van der Waals surface area contributed by atoms with Crippen molar-refractivity contribution in [1.82, 2.24) is 0 Å². The highest BCUT2D eigenvalue weighted by Crippen LogP contribution is 2.19. The van der Waals surface area contributed by atoms with E-state index in [1.807, 2.05) is 25.1 Å². The van der Waals surface area contributed by atoms with Crippen molar-refractivity contribution in [3.8, 4) is 5.75 Å². The van der Waals surface area contributed by atoms with Crippen LogP contribution in [0.4, 0.5) is 0 Å². The third kappa shape index (κ3) is 3.99. The highest BCUT2D eigenvalue weighted by Gasteiger charge is 2.16. The summed E-state index contributed by atoms with van der Waals surface area (Å²) in [4.78, 5) is 0. The fourth-order valence-electron chi connectivity index (χ4n) is 1.51. The number of ether oxygens (including phenoxy) is 1. The molecule has 0 fully saturated rings. The number of sulfone groups is 1. The second-order valence-electron chi connectivity index (χ2n) is 4.58. The molecule has 0 aromatic heterocycles. The van der Waals surface area contributed by atoms with Gasteiger partial charge in [-0.2, -0.15) is 0 Å². The zero-order chi connectivity index (χ0) is 13.8. The summed E-state index contributed by atoms with van der Waals surface area (Å²) in [6.45, 7) is 5.87. The smallest absolute Gasteiger partial charge is 0.155 e. The van der Waals surface area contributed by atoms with E-state index in [-0.39, 0.29) is 17.6 Å². The lowest BCUT2D eigenvalue weighted by molar-refractivity contribution is 0.337. The number of rotatable bonds is 6. The molecule has 0 amide bonds. The normalized spacial score (nSPS) is 11.8. The molecule has 5 heteroatoms. The zero-order valence-corrected chi connectivity index (χ0v) is 12.0. The van der Waals surface area contributed by atoms with Crippen LogP contribution in [0.5, 0.6) is 5.75 Å².